The quantitative estimate of drug-likeness (QED) is 0.861. The molecule has 2 rings (SSSR count). The Morgan fingerprint density at radius 3 is 2.39 bits per heavy atom. The van der Waals surface area contributed by atoms with Crippen molar-refractivity contribution >= 4 is 11.1 Å². The van der Waals surface area contributed by atoms with Gasteiger partial charge in [0.1, 0.15) is 0 Å². The van der Waals surface area contributed by atoms with E-state index in [1.807, 2.05) is 36.4 Å². The first-order chi connectivity index (χ1) is 8.72. The van der Waals surface area contributed by atoms with Crippen LogP contribution < -0.4 is 0 Å². The minimum Gasteiger partial charge on any atom is -0.380 e. The van der Waals surface area contributed by atoms with E-state index in [2.05, 4.69) is 0 Å². The molecule has 1 N–H and O–H groups in total. The van der Waals surface area contributed by atoms with Crippen molar-refractivity contribution in [3.8, 4) is 11.1 Å². The molecule has 3 nitrogen and oxygen atoms in total. The Labute approximate surface area is 109 Å². The van der Waals surface area contributed by atoms with Gasteiger partial charge in [0.05, 0.1) is 11.5 Å². The van der Waals surface area contributed by atoms with Crippen molar-refractivity contribution < 1.29 is 13.5 Å². The second-order valence-electron chi connectivity index (χ2n) is 3.86. The monoisotopic (exact) mass is 262 g/mol. The van der Waals surface area contributed by atoms with Crippen LogP contribution in [0.3, 0.4) is 0 Å². The lowest BCUT2D eigenvalue weighted by molar-refractivity contribution is 0.185. The lowest BCUT2D eigenvalue weighted by atomic mass is 10.0. The number of ether oxygens (including phenoxy) is 1. The van der Waals surface area contributed by atoms with Gasteiger partial charge in [0.15, 0.2) is 11.1 Å². The van der Waals surface area contributed by atoms with Crippen molar-refractivity contribution in [3.63, 3.8) is 0 Å². The predicted octanol–water partition coefficient (Wildman–Crippen LogP) is 3.08. The van der Waals surface area contributed by atoms with E-state index in [1.165, 1.54) is 0 Å². The zero-order chi connectivity index (χ0) is 13.0. The zero-order valence-corrected chi connectivity index (χ0v) is 10.8. The second kappa shape index (κ2) is 5.91. The Hall–Kier alpha value is -1.49. The average molecular weight is 262 g/mol. The summed E-state index contributed by atoms with van der Waals surface area (Å²) in [5, 5.41) is 0. The van der Waals surface area contributed by atoms with Gasteiger partial charge < -0.3 is 9.29 Å². The molecule has 0 radical (unpaired) electrons. The van der Waals surface area contributed by atoms with Crippen molar-refractivity contribution in [1.82, 2.24) is 0 Å². The molecule has 2 aromatic rings. The fraction of sp³-hybridized carbons (Fsp3) is 0.143. The van der Waals surface area contributed by atoms with Crippen molar-refractivity contribution in [2.24, 2.45) is 0 Å². The fourth-order valence-electron chi connectivity index (χ4n) is 1.83. The number of hydrogen-bond donors (Lipinski definition) is 1. The molecule has 0 aliphatic heterocycles. The van der Waals surface area contributed by atoms with Crippen molar-refractivity contribution in [1.29, 1.82) is 0 Å². The molecule has 0 bridgehead atoms. The SMILES string of the molecule is COCc1ccccc1-c1ccc(S(=O)O)cc1. The molecule has 0 aliphatic rings. The lowest BCUT2D eigenvalue weighted by Crippen LogP contribution is -1.92. The molecule has 18 heavy (non-hydrogen) atoms. The molecule has 4 heteroatoms. The predicted molar refractivity (Wildman–Crippen MR) is 71.6 cm³/mol. The molecule has 0 fully saturated rings. The van der Waals surface area contributed by atoms with E-state index in [-0.39, 0.29) is 0 Å². The fourth-order valence-corrected chi connectivity index (χ4v) is 2.20. The molecule has 1 unspecified atom stereocenters. The standard InChI is InChI=1S/C14H14O3S/c1-17-10-12-4-2-3-5-14(12)11-6-8-13(9-7-11)18(15)16/h2-9H,10H2,1H3,(H,15,16). The summed E-state index contributed by atoms with van der Waals surface area (Å²) in [6, 6.07) is 15.0. The van der Waals surface area contributed by atoms with Crippen LogP contribution in [0.4, 0.5) is 0 Å². The van der Waals surface area contributed by atoms with Gasteiger partial charge >= 0.3 is 0 Å². The topological polar surface area (TPSA) is 46.5 Å². The minimum atomic E-state index is -1.93. The van der Waals surface area contributed by atoms with E-state index >= 15 is 0 Å². The first-order valence-electron chi connectivity index (χ1n) is 5.50. The highest BCUT2D eigenvalue weighted by Gasteiger charge is 2.05. The van der Waals surface area contributed by atoms with Crippen LogP contribution in [0.2, 0.25) is 0 Å². The smallest absolute Gasteiger partial charge is 0.186 e. The number of hydrogen-bond acceptors (Lipinski definition) is 2. The molecule has 0 saturated carbocycles. The lowest BCUT2D eigenvalue weighted by Gasteiger charge is -2.09. The molecule has 1 atom stereocenters. The van der Waals surface area contributed by atoms with Crippen LogP contribution in [-0.2, 0) is 22.4 Å². The Kier molecular flexibility index (Phi) is 4.25. The summed E-state index contributed by atoms with van der Waals surface area (Å²) < 4.78 is 25.0. The van der Waals surface area contributed by atoms with Crippen LogP contribution in [-0.4, -0.2) is 15.9 Å². The van der Waals surface area contributed by atoms with Crippen LogP contribution in [0.25, 0.3) is 11.1 Å². The Balaban J connectivity index is 2.39. The van der Waals surface area contributed by atoms with Gasteiger partial charge in [0.25, 0.3) is 0 Å². The molecule has 94 valence electrons. The van der Waals surface area contributed by atoms with Gasteiger partial charge in [-0.2, -0.15) is 0 Å². The third-order valence-electron chi connectivity index (χ3n) is 2.68. The summed E-state index contributed by atoms with van der Waals surface area (Å²) in [6.07, 6.45) is 0. The molecule has 2 aromatic carbocycles. The third kappa shape index (κ3) is 2.85. The van der Waals surface area contributed by atoms with Crippen molar-refractivity contribution in [2.75, 3.05) is 7.11 Å². The van der Waals surface area contributed by atoms with E-state index in [0.29, 0.717) is 11.5 Å². The van der Waals surface area contributed by atoms with Gasteiger partial charge in [-0.05, 0) is 28.8 Å². The molecule has 0 spiro atoms. The number of rotatable bonds is 4. The summed E-state index contributed by atoms with van der Waals surface area (Å²) in [7, 11) is 1.66. The summed E-state index contributed by atoms with van der Waals surface area (Å²) in [4.78, 5) is 0.406. The normalized spacial score (nSPS) is 12.3. The van der Waals surface area contributed by atoms with E-state index in [1.54, 1.807) is 19.2 Å². The molecule has 0 aromatic heterocycles. The van der Waals surface area contributed by atoms with E-state index in [4.69, 9.17) is 9.29 Å². The van der Waals surface area contributed by atoms with Crippen LogP contribution in [0, 0.1) is 0 Å². The maximum absolute atomic E-state index is 10.9. The first kappa shape index (κ1) is 13.0. The maximum Gasteiger partial charge on any atom is 0.186 e. The highest BCUT2D eigenvalue weighted by atomic mass is 32.2. The Morgan fingerprint density at radius 2 is 1.78 bits per heavy atom. The van der Waals surface area contributed by atoms with Crippen molar-refractivity contribution in [3.05, 3.63) is 54.1 Å². The van der Waals surface area contributed by atoms with Gasteiger partial charge in [-0.3, -0.25) is 0 Å². The molecule has 0 aliphatic carbocycles. The van der Waals surface area contributed by atoms with E-state index in [9.17, 15) is 4.21 Å². The van der Waals surface area contributed by atoms with Gasteiger partial charge in [-0.1, -0.05) is 36.4 Å². The summed E-state index contributed by atoms with van der Waals surface area (Å²) in [5.41, 5.74) is 3.18. The van der Waals surface area contributed by atoms with E-state index < -0.39 is 11.1 Å². The largest absolute Gasteiger partial charge is 0.380 e. The maximum atomic E-state index is 10.9. The van der Waals surface area contributed by atoms with Gasteiger partial charge in [0.2, 0.25) is 0 Å². The minimum absolute atomic E-state index is 0.406. The highest BCUT2D eigenvalue weighted by molar-refractivity contribution is 7.79. The van der Waals surface area contributed by atoms with Crippen LogP contribution >= 0.6 is 0 Å². The molecule has 0 heterocycles. The molecule has 0 saturated heterocycles. The number of methoxy groups -OCH3 is 1. The molecule has 0 amide bonds. The van der Waals surface area contributed by atoms with Crippen LogP contribution in [0.15, 0.2) is 53.4 Å². The van der Waals surface area contributed by atoms with Gasteiger partial charge in [0, 0.05) is 7.11 Å². The second-order valence-corrected chi connectivity index (χ2v) is 4.83. The third-order valence-corrected chi connectivity index (χ3v) is 3.36. The Bertz CT molecular complexity index is 549. The molecular weight excluding hydrogens is 248 g/mol. The summed E-state index contributed by atoms with van der Waals surface area (Å²) in [5.74, 6) is 0. The van der Waals surface area contributed by atoms with Crippen LogP contribution in [0.1, 0.15) is 5.56 Å². The molecular formula is C14H14O3S. The highest BCUT2D eigenvalue weighted by Crippen LogP contribution is 2.25. The number of benzene rings is 2. The van der Waals surface area contributed by atoms with Gasteiger partial charge in [-0.15, -0.1) is 0 Å². The summed E-state index contributed by atoms with van der Waals surface area (Å²) in [6.45, 7) is 0.545. The summed E-state index contributed by atoms with van der Waals surface area (Å²) >= 11 is -1.93. The van der Waals surface area contributed by atoms with Gasteiger partial charge in [-0.25, -0.2) is 4.21 Å². The average Bonchev–Trinajstić information content (AvgIpc) is 2.40. The zero-order valence-electron chi connectivity index (χ0n) is 10.00. The Morgan fingerprint density at radius 1 is 1.11 bits per heavy atom. The first-order valence-corrected chi connectivity index (χ1v) is 6.61. The van der Waals surface area contributed by atoms with Crippen LogP contribution in [0.5, 0.6) is 0 Å². The van der Waals surface area contributed by atoms with Crippen molar-refractivity contribution in [2.45, 2.75) is 11.5 Å². The van der Waals surface area contributed by atoms with E-state index in [0.717, 1.165) is 16.7 Å².